The molecule has 2 N–H and O–H groups in total. The molecule has 0 spiro atoms. The van der Waals surface area contributed by atoms with Gasteiger partial charge >= 0.3 is 0 Å². The van der Waals surface area contributed by atoms with Crippen LogP contribution in [-0.2, 0) is 0 Å². The molecule has 0 amide bonds. The third kappa shape index (κ3) is 1.73. The zero-order chi connectivity index (χ0) is 12.4. The molecule has 0 saturated heterocycles. The maximum absolute atomic E-state index is 6.13. The van der Waals surface area contributed by atoms with Gasteiger partial charge in [-0.2, -0.15) is 0 Å². The van der Waals surface area contributed by atoms with Crippen LogP contribution in [0, 0.1) is 0 Å². The predicted molar refractivity (Wildman–Crippen MR) is 71.0 cm³/mol. The molecule has 18 heavy (non-hydrogen) atoms. The van der Waals surface area contributed by atoms with E-state index in [-0.39, 0.29) is 0 Å². The van der Waals surface area contributed by atoms with Crippen molar-refractivity contribution in [3.8, 4) is 22.5 Å². The molecule has 0 bridgehead atoms. The lowest BCUT2D eigenvalue weighted by Crippen LogP contribution is -2.11. The van der Waals surface area contributed by atoms with Crippen molar-refractivity contribution < 1.29 is 0 Å². The lowest BCUT2D eigenvalue weighted by Gasteiger charge is -2.07. The number of rotatable bonds is 2. The zero-order valence-electron chi connectivity index (χ0n) is 9.69. The Morgan fingerprint density at radius 3 is 1.67 bits per heavy atom. The second-order valence-electron chi connectivity index (χ2n) is 3.96. The highest BCUT2D eigenvalue weighted by Crippen LogP contribution is 2.25. The van der Waals surface area contributed by atoms with E-state index in [1.54, 1.807) is 29.5 Å². The zero-order valence-corrected chi connectivity index (χ0v) is 9.69. The molecular weight excluding hydrogens is 224 g/mol. The summed E-state index contributed by atoms with van der Waals surface area (Å²) in [5.74, 6) is 6.13. The van der Waals surface area contributed by atoms with Gasteiger partial charge in [0.05, 0.1) is 11.4 Å². The van der Waals surface area contributed by atoms with Crippen LogP contribution in [0.1, 0.15) is 0 Å². The van der Waals surface area contributed by atoms with Crippen LogP contribution >= 0.6 is 0 Å². The number of aromatic nitrogens is 3. The minimum atomic E-state index is 0.932. The van der Waals surface area contributed by atoms with Crippen molar-refractivity contribution in [1.29, 1.82) is 0 Å². The van der Waals surface area contributed by atoms with E-state index in [2.05, 4.69) is 9.97 Å². The summed E-state index contributed by atoms with van der Waals surface area (Å²) in [6.07, 6.45) is 7.09. The second kappa shape index (κ2) is 4.33. The van der Waals surface area contributed by atoms with Gasteiger partial charge in [0.1, 0.15) is 0 Å². The molecule has 3 rings (SSSR count). The molecule has 3 aromatic heterocycles. The fourth-order valence-electron chi connectivity index (χ4n) is 1.95. The molecular formula is C14H12N4. The maximum atomic E-state index is 6.13. The Hall–Kier alpha value is -2.62. The Kier molecular flexibility index (Phi) is 2.53. The van der Waals surface area contributed by atoms with Crippen LogP contribution in [-0.4, -0.2) is 14.6 Å². The van der Waals surface area contributed by atoms with E-state index in [1.165, 1.54) is 0 Å². The first-order chi connectivity index (χ1) is 8.86. The fraction of sp³-hybridized carbons (Fsp3) is 0. The summed E-state index contributed by atoms with van der Waals surface area (Å²) in [6, 6.07) is 11.7. The van der Waals surface area contributed by atoms with Gasteiger partial charge in [-0.1, -0.05) is 0 Å². The van der Waals surface area contributed by atoms with Gasteiger partial charge in [-0.25, -0.2) is 0 Å². The average molecular weight is 236 g/mol. The normalized spacial score (nSPS) is 10.4. The Bertz CT molecular complexity index is 587. The molecule has 4 heteroatoms. The average Bonchev–Trinajstić information content (AvgIpc) is 2.83. The number of nitrogens with zero attached hydrogens (tertiary/aromatic N) is 3. The van der Waals surface area contributed by atoms with Gasteiger partial charge in [0.15, 0.2) is 0 Å². The molecule has 0 aliphatic rings. The molecule has 3 aromatic rings. The smallest absolute Gasteiger partial charge is 0.0713 e. The van der Waals surface area contributed by atoms with Gasteiger partial charge < -0.3 is 5.84 Å². The van der Waals surface area contributed by atoms with E-state index in [9.17, 15) is 0 Å². The van der Waals surface area contributed by atoms with Crippen molar-refractivity contribution >= 4 is 0 Å². The highest BCUT2D eigenvalue weighted by Gasteiger charge is 2.09. The molecule has 0 fully saturated rings. The summed E-state index contributed by atoms with van der Waals surface area (Å²) in [5.41, 5.74) is 3.86. The van der Waals surface area contributed by atoms with E-state index < -0.39 is 0 Å². The molecule has 0 radical (unpaired) electrons. The minimum Gasteiger partial charge on any atom is -0.339 e. The van der Waals surface area contributed by atoms with Crippen LogP contribution in [0.2, 0.25) is 0 Å². The van der Waals surface area contributed by atoms with Crippen LogP contribution in [0.5, 0.6) is 0 Å². The van der Waals surface area contributed by atoms with Crippen molar-refractivity contribution in [2.24, 2.45) is 0 Å². The Balaban J connectivity index is 2.09. The summed E-state index contributed by atoms with van der Waals surface area (Å²) in [6.45, 7) is 0. The first-order valence-electron chi connectivity index (χ1n) is 5.64. The quantitative estimate of drug-likeness (QED) is 0.695. The summed E-state index contributed by atoms with van der Waals surface area (Å²) in [7, 11) is 0. The largest absolute Gasteiger partial charge is 0.339 e. The van der Waals surface area contributed by atoms with Crippen LogP contribution in [0.3, 0.4) is 0 Å². The van der Waals surface area contributed by atoms with Crippen molar-refractivity contribution in [2.75, 3.05) is 5.84 Å². The molecule has 0 atom stereocenters. The number of hydrogen-bond donors (Lipinski definition) is 1. The van der Waals surface area contributed by atoms with Crippen LogP contribution in [0.25, 0.3) is 22.5 Å². The minimum absolute atomic E-state index is 0.932. The fourth-order valence-corrected chi connectivity index (χ4v) is 1.95. The highest BCUT2D eigenvalue weighted by atomic mass is 15.3. The number of nitrogens with two attached hydrogens (primary N) is 1. The van der Waals surface area contributed by atoms with Crippen molar-refractivity contribution in [3.05, 3.63) is 61.2 Å². The number of hydrogen-bond acceptors (Lipinski definition) is 3. The summed E-state index contributed by atoms with van der Waals surface area (Å²) in [5, 5.41) is 0. The van der Waals surface area contributed by atoms with Gasteiger partial charge in [0.2, 0.25) is 0 Å². The molecule has 0 aliphatic carbocycles. The number of nitrogen functional groups attached to an aromatic ring is 1. The third-order valence-electron chi connectivity index (χ3n) is 2.83. The van der Waals surface area contributed by atoms with Gasteiger partial charge in [0.25, 0.3) is 0 Å². The van der Waals surface area contributed by atoms with Crippen LogP contribution < -0.4 is 5.84 Å². The number of pyridine rings is 2. The molecule has 0 unspecified atom stereocenters. The van der Waals surface area contributed by atoms with Gasteiger partial charge in [0, 0.05) is 35.9 Å². The highest BCUT2D eigenvalue weighted by molar-refractivity contribution is 5.68. The molecule has 88 valence electrons. The summed E-state index contributed by atoms with van der Waals surface area (Å²) >= 11 is 0. The van der Waals surface area contributed by atoms with Crippen molar-refractivity contribution in [1.82, 2.24) is 14.6 Å². The Morgan fingerprint density at radius 1 is 0.778 bits per heavy atom. The molecule has 0 aromatic carbocycles. The first-order valence-corrected chi connectivity index (χ1v) is 5.64. The van der Waals surface area contributed by atoms with Crippen LogP contribution in [0.15, 0.2) is 61.2 Å². The molecule has 0 saturated carbocycles. The van der Waals surface area contributed by atoms with E-state index in [1.807, 2.05) is 36.4 Å². The SMILES string of the molecule is Nn1c(-c2cccnc2)ccc1-c1cccnc1. The van der Waals surface area contributed by atoms with E-state index in [0.29, 0.717) is 0 Å². The Labute approximate surface area is 105 Å². The standard InChI is InChI=1S/C14H12N4/c15-18-13(11-3-1-7-16-9-11)5-6-14(18)12-4-2-8-17-10-12/h1-10H,15H2. The molecule has 0 aliphatic heterocycles. The van der Waals surface area contributed by atoms with Gasteiger partial charge in [-0.05, 0) is 36.4 Å². The van der Waals surface area contributed by atoms with Crippen LogP contribution in [0.4, 0.5) is 0 Å². The third-order valence-corrected chi connectivity index (χ3v) is 2.83. The lowest BCUT2D eigenvalue weighted by molar-refractivity contribution is 1.03. The van der Waals surface area contributed by atoms with Crippen molar-refractivity contribution in [3.63, 3.8) is 0 Å². The Morgan fingerprint density at radius 2 is 1.28 bits per heavy atom. The summed E-state index contributed by atoms with van der Waals surface area (Å²) in [4.78, 5) is 8.21. The van der Waals surface area contributed by atoms with Crippen molar-refractivity contribution in [2.45, 2.75) is 0 Å². The topological polar surface area (TPSA) is 56.7 Å². The second-order valence-corrected chi connectivity index (χ2v) is 3.96. The lowest BCUT2D eigenvalue weighted by atomic mass is 10.2. The predicted octanol–water partition coefficient (Wildman–Crippen LogP) is 2.33. The van der Waals surface area contributed by atoms with Gasteiger partial charge in [-0.3, -0.25) is 14.6 Å². The van der Waals surface area contributed by atoms with E-state index in [0.717, 1.165) is 22.5 Å². The van der Waals surface area contributed by atoms with E-state index in [4.69, 9.17) is 5.84 Å². The monoisotopic (exact) mass is 236 g/mol. The maximum Gasteiger partial charge on any atom is 0.0713 e. The first kappa shape index (κ1) is 10.5. The molecule has 3 heterocycles. The van der Waals surface area contributed by atoms with E-state index >= 15 is 0 Å². The molecule has 4 nitrogen and oxygen atoms in total. The summed E-state index contributed by atoms with van der Waals surface area (Å²) < 4.78 is 1.66. The van der Waals surface area contributed by atoms with Gasteiger partial charge in [-0.15, -0.1) is 0 Å².